The number of rotatable bonds is 7. The monoisotopic (exact) mass is 266 g/mol. The number of carbonyl (C=O) groups is 2. The van der Waals surface area contributed by atoms with Crippen molar-refractivity contribution in [1.82, 2.24) is 5.32 Å². The van der Waals surface area contributed by atoms with E-state index in [4.69, 9.17) is 9.84 Å². The number of methoxy groups -OCH3 is 1. The number of benzene rings is 1. The summed E-state index contributed by atoms with van der Waals surface area (Å²) in [4.78, 5) is 21.9. The lowest BCUT2D eigenvalue weighted by molar-refractivity contribution is -0.137. The van der Waals surface area contributed by atoms with E-state index >= 15 is 0 Å². The maximum Gasteiger partial charge on any atom is 0.319 e. The number of carboxylic acid groups (broad SMARTS) is 1. The lowest BCUT2D eigenvalue weighted by Gasteiger charge is -2.11. The largest absolute Gasteiger partial charge is 0.481 e. The zero-order valence-corrected chi connectivity index (χ0v) is 10.8. The van der Waals surface area contributed by atoms with Crippen LogP contribution in [0.4, 0.5) is 10.5 Å². The molecule has 0 unspecified atom stereocenters. The van der Waals surface area contributed by atoms with Crippen molar-refractivity contribution in [2.45, 2.75) is 19.4 Å². The Morgan fingerprint density at radius 2 is 2.05 bits per heavy atom. The Balaban J connectivity index is 2.41. The summed E-state index contributed by atoms with van der Waals surface area (Å²) in [5.41, 5.74) is 1.56. The summed E-state index contributed by atoms with van der Waals surface area (Å²) < 4.78 is 5.04. The van der Waals surface area contributed by atoms with Crippen LogP contribution in [0.25, 0.3) is 0 Å². The minimum atomic E-state index is -0.868. The number of hydrogen-bond acceptors (Lipinski definition) is 3. The molecule has 0 radical (unpaired) electrons. The third-order valence-electron chi connectivity index (χ3n) is 2.42. The second-order valence-electron chi connectivity index (χ2n) is 3.97. The van der Waals surface area contributed by atoms with Crippen molar-refractivity contribution >= 4 is 17.7 Å². The molecular formula is C13H18N2O4. The van der Waals surface area contributed by atoms with E-state index in [0.29, 0.717) is 25.3 Å². The zero-order valence-electron chi connectivity index (χ0n) is 10.8. The van der Waals surface area contributed by atoms with E-state index < -0.39 is 5.97 Å². The topological polar surface area (TPSA) is 87.7 Å². The smallest absolute Gasteiger partial charge is 0.319 e. The molecule has 6 nitrogen and oxygen atoms in total. The van der Waals surface area contributed by atoms with Gasteiger partial charge in [-0.15, -0.1) is 0 Å². The molecule has 2 amide bonds. The molecule has 0 atom stereocenters. The molecule has 1 aromatic carbocycles. The minimum Gasteiger partial charge on any atom is -0.481 e. The van der Waals surface area contributed by atoms with Gasteiger partial charge in [-0.1, -0.05) is 18.2 Å². The average Bonchev–Trinajstić information content (AvgIpc) is 2.37. The lowest BCUT2D eigenvalue weighted by Crippen LogP contribution is -2.30. The Morgan fingerprint density at radius 1 is 1.32 bits per heavy atom. The molecule has 0 aliphatic rings. The minimum absolute atomic E-state index is 0.0422. The van der Waals surface area contributed by atoms with Crippen LogP contribution in [0.3, 0.4) is 0 Å². The second kappa shape index (κ2) is 8.10. The molecule has 0 aliphatic heterocycles. The van der Waals surface area contributed by atoms with Crippen molar-refractivity contribution in [2.75, 3.05) is 19.0 Å². The van der Waals surface area contributed by atoms with Gasteiger partial charge in [0.1, 0.15) is 0 Å². The molecule has 0 saturated carbocycles. The maximum atomic E-state index is 11.6. The van der Waals surface area contributed by atoms with E-state index in [1.807, 2.05) is 18.2 Å². The normalized spacial score (nSPS) is 9.95. The highest BCUT2D eigenvalue weighted by Crippen LogP contribution is 2.15. The van der Waals surface area contributed by atoms with E-state index in [0.717, 1.165) is 5.56 Å². The first-order valence-electron chi connectivity index (χ1n) is 5.97. The molecule has 1 rings (SSSR count). The number of anilines is 1. The number of carboxylic acids is 1. The van der Waals surface area contributed by atoms with Crippen molar-refractivity contribution in [3.05, 3.63) is 29.8 Å². The summed E-state index contributed by atoms with van der Waals surface area (Å²) in [6.45, 7) is 0.736. The molecule has 1 aromatic rings. The van der Waals surface area contributed by atoms with E-state index in [1.54, 1.807) is 13.2 Å². The summed E-state index contributed by atoms with van der Waals surface area (Å²) in [5.74, 6) is -0.868. The highest BCUT2D eigenvalue weighted by molar-refractivity contribution is 5.90. The third kappa shape index (κ3) is 5.87. The molecule has 3 N–H and O–H groups in total. The quantitative estimate of drug-likeness (QED) is 0.657. The van der Waals surface area contributed by atoms with E-state index in [2.05, 4.69) is 10.6 Å². The van der Waals surface area contributed by atoms with Gasteiger partial charge >= 0.3 is 12.0 Å². The van der Waals surface area contributed by atoms with E-state index in [1.165, 1.54) is 0 Å². The first-order chi connectivity index (χ1) is 9.13. The Morgan fingerprint density at radius 3 is 2.74 bits per heavy atom. The fourth-order valence-corrected chi connectivity index (χ4v) is 1.53. The Labute approximate surface area is 111 Å². The molecular weight excluding hydrogens is 248 g/mol. The van der Waals surface area contributed by atoms with Crippen LogP contribution < -0.4 is 10.6 Å². The SMILES string of the molecule is COCc1ccccc1NC(=O)NCCCC(=O)O. The van der Waals surface area contributed by atoms with Gasteiger partial charge < -0.3 is 20.5 Å². The molecule has 0 heterocycles. The van der Waals surface area contributed by atoms with E-state index in [9.17, 15) is 9.59 Å². The van der Waals surface area contributed by atoms with Crippen molar-refractivity contribution < 1.29 is 19.4 Å². The van der Waals surface area contributed by atoms with Gasteiger partial charge in [0, 0.05) is 31.3 Å². The summed E-state index contributed by atoms with van der Waals surface area (Å²) in [7, 11) is 1.59. The zero-order chi connectivity index (χ0) is 14.1. The van der Waals surface area contributed by atoms with Crippen molar-refractivity contribution in [1.29, 1.82) is 0 Å². The van der Waals surface area contributed by atoms with Gasteiger partial charge in [-0.2, -0.15) is 0 Å². The van der Waals surface area contributed by atoms with E-state index in [-0.39, 0.29) is 12.5 Å². The van der Waals surface area contributed by atoms with Gasteiger partial charge in [-0.25, -0.2) is 4.79 Å². The summed E-state index contributed by atoms with van der Waals surface area (Å²) in [6.07, 6.45) is 0.447. The average molecular weight is 266 g/mol. The van der Waals surface area contributed by atoms with Gasteiger partial charge in [0.05, 0.1) is 6.61 Å². The van der Waals surface area contributed by atoms with Crippen molar-refractivity contribution in [3.8, 4) is 0 Å². The fourth-order valence-electron chi connectivity index (χ4n) is 1.53. The molecule has 0 aromatic heterocycles. The predicted octanol–water partition coefficient (Wildman–Crippen LogP) is 1.82. The number of urea groups is 1. The molecule has 19 heavy (non-hydrogen) atoms. The maximum absolute atomic E-state index is 11.6. The first kappa shape index (κ1) is 15.0. The summed E-state index contributed by atoms with van der Waals surface area (Å²) in [6, 6.07) is 6.98. The van der Waals surface area contributed by atoms with Crippen LogP contribution in [0, 0.1) is 0 Å². The summed E-state index contributed by atoms with van der Waals surface area (Å²) in [5, 5.41) is 13.8. The van der Waals surface area contributed by atoms with Crippen molar-refractivity contribution in [2.24, 2.45) is 0 Å². The van der Waals surface area contributed by atoms with Crippen LogP contribution >= 0.6 is 0 Å². The number of carbonyl (C=O) groups excluding carboxylic acids is 1. The van der Waals surface area contributed by atoms with Crippen molar-refractivity contribution in [3.63, 3.8) is 0 Å². The van der Waals surface area contributed by atoms with Gasteiger partial charge in [-0.05, 0) is 12.5 Å². The lowest BCUT2D eigenvalue weighted by atomic mass is 10.2. The molecule has 0 aliphatic carbocycles. The summed E-state index contributed by atoms with van der Waals surface area (Å²) >= 11 is 0. The molecule has 0 saturated heterocycles. The molecule has 0 fully saturated rings. The highest BCUT2D eigenvalue weighted by Gasteiger charge is 2.05. The fraction of sp³-hybridized carbons (Fsp3) is 0.385. The van der Waals surface area contributed by atoms with Gasteiger partial charge in [0.15, 0.2) is 0 Å². The number of amides is 2. The third-order valence-corrected chi connectivity index (χ3v) is 2.42. The van der Waals surface area contributed by atoms with Crippen LogP contribution in [-0.4, -0.2) is 30.8 Å². The molecule has 0 spiro atoms. The van der Waals surface area contributed by atoms with Gasteiger partial charge in [0.2, 0.25) is 0 Å². The number of ether oxygens (including phenoxy) is 1. The van der Waals surface area contributed by atoms with Crippen LogP contribution in [-0.2, 0) is 16.1 Å². The van der Waals surface area contributed by atoms with Gasteiger partial charge in [0.25, 0.3) is 0 Å². The second-order valence-corrected chi connectivity index (χ2v) is 3.97. The number of aliphatic carboxylic acids is 1. The Hall–Kier alpha value is -2.08. The highest BCUT2D eigenvalue weighted by atomic mass is 16.5. The van der Waals surface area contributed by atoms with Crippen LogP contribution in [0.15, 0.2) is 24.3 Å². The number of hydrogen-bond donors (Lipinski definition) is 3. The molecule has 104 valence electrons. The Bertz CT molecular complexity index is 434. The number of para-hydroxylation sites is 1. The predicted molar refractivity (Wildman–Crippen MR) is 71.0 cm³/mol. The number of nitrogens with one attached hydrogen (secondary N) is 2. The van der Waals surface area contributed by atoms with Crippen LogP contribution in [0.5, 0.6) is 0 Å². The first-order valence-corrected chi connectivity index (χ1v) is 5.97. The molecule has 6 heteroatoms. The Kier molecular flexibility index (Phi) is 6.38. The van der Waals surface area contributed by atoms with Gasteiger partial charge in [-0.3, -0.25) is 4.79 Å². The molecule has 0 bridgehead atoms. The standard InChI is InChI=1S/C13H18N2O4/c1-19-9-10-5-2-3-6-11(10)15-13(18)14-8-4-7-12(16)17/h2-3,5-6H,4,7-9H2,1H3,(H,16,17)(H2,14,15,18). The van der Waals surface area contributed by atoms with Crippen LogP contribution in [0.1, 0.15) is 18.4 Å². The van der Waals surface area contributed by atoms with Crippen LogP contribution in [0.2, 0.25) is 0 Å².